The van der Waals surface area contributed by atoms with E-state index in [9.17, 15) is 14.9 Å². The molecule has 0 N–H and O–H groups in total. The third-order valence-electron chi connectivity index (χ3n) is 6.64. The average molecular weight is 573 g/mol. The van der Waals surface area contributed by atoms with Crippen molar-refractivity contribution < 1.29 is 23.8 Å². The predicted molar refractivity (Wildman–Crippen MR) is 163 cm³/mol. The van der Waals surface area contributed by atoms with Crippen molar-refractivity contribution in [2.24, 2.45) is 5.92 Å². The maximum absolute atomic E-state index is 13.4. The summed E-state index contributed by atoms with van der Waals surface area (Å²) in [6.45, 7) is 11.6. The molecule has 0 saturated heterocycles. The van der Waals surface area contributed by atoms with Crippen LogP contribution in [0, 0.1) is 23.8 Å². The molecular weight excluding hydrogens is 540 g/mol. The van der Waals surface area contributed by atoms with Gasteiger partial charge in [-0.25, -0.2) is 4.85 Å². The molecule has 7 heteroatoms. The number of nitriles is 1. The monoisotopic (exact) mass is 572 g/mol. The lowest BCUT2D eigenvalue weighted by atomic mass is 9.91. The van der Waals surface area contributed by atoms with Gasteiger partial charge < -0.3 is 14.2 Å². The molecule has 0 heterocycles. The molecule has 0 bridgehead atoms. The first-order valence-corrected chi connectivity index (χ1v) is 14.0. The zero-order chi connectivity index (χ0) is 30.6. The summed E-state index contributed by atoms with van der Waals surface area (Å²) in [6, 6.07) is 31.0. The van der Waals surface area contributed by atoms with Gasteiger partial charge in [0.05, 0.1) is 24.2 Å². The zero-order valence-electron chi connectivity index (χ0n) is 24.2. The predicted octanol–water partition coefficient (Wildman–Crippen LogP) is 7.65. The van der Waals surface area contributed by atoms with E-state index in [2.05, 4.69) is 10.9 Å². The SMILES string of the molecule is [C-]#[N+]c1cc(C(=O)CC(Cc2ccc(OCc3ccccc3)c(C#N)c2)C(=O)OCc2ccccc2)ccc1OC(C)C. The Bertz CT molecular complexity index is 1640. The number of rotatable bonds is 13. The number of carbonyl (C=O) groups excluding carboxylic acids is 2. The molecule has 1 unspecified atom stereocenters. The molecular formula is C36H32N2O5. The molecule has 7 nitrogen and oxygen atoms in total. The van der Waals surface area contributed by atoms with E-state index in [0.717, 1.165) is 11.1 Å². The lowest BCUT2D eigenvalue weighted by Gasteiger charge is -2.17. The highest BCUT2D eigenvalue weighted by Crippen LogP contribution is 2.31. The van der Waals surface area contributed by atoms with Gasteiger partial charge in [-0.15, -0.1) is 0 Å². The fourth-order valence-electron chi connectivity index (χ4n) is 4.50. The summed E-state index contributed by atoms with van der Waals surface area (Å²) in [5, 5.41) is 9.80. The molecule has 0 aliphatic rings. The smallest absolute Gasteiger partial charge is 0.310 e. The third kappa shape index (κ3) is 8.79. The number of Topliss-reactive ketones (excluding diaryl/α,β-unsaturated/α-hetero) is 1. The highest BCUT2D eigenvalue weighted by atomic mass is 16.5. The van der Waals surface area contributed by atoms with Crippen molar-refractivity contribution in [2.75, 3.05) is 0 Å². The molecule has 0 spiro atoms. The Kier molecular flexibility index (Phi) is 10.7. The number of esters is 1. The number of nitrogens with zero attached hydrogens (tertiary/aromatic N) is 2. The highest BCUT2D eigenvalue weighted by Gasteiger charge is 2.26. The molecule has 1 atom stereocenters. The molecule has 0 saturated carbocycles. The van der Waals surface area contributed by atoms with Gasteiger partial charge in [0.2, 0.25) is 5.69 Å². The Morgan fingerprint density at radius 1 is 0.837 bits per heavy atom. The van der Waals surface area contributed by atoms with Crippen molar-refractivity contribution in [1.29, 1.82) is 5.26 Å². The summed E-state index contributed by atoms with van der Waals surface area (Å²) < 4.78 is 17.2. The van der Waals surface area contributed by atoms with Crippen molar-refractivity contribution in [3.63, 3.8) is 0 Å². The van der Waals surface area contributed by atoms with E-state index in [1.807, 2.05) is 74.5 Å². The third-order valence-corrected chi connectivity index (χ3v) is 6.64. The number of hydrogen-bond donors (Lipinski definition) is 0. The van der Waals surface area contributed by atoms with Gasteiger partial charge >= 0.3 is 5.97 Å². The summed E-state index contributed by atoms with van der Waals surface area (Å²) in [7, 11) is 0. The van der Waals surface area contributed by atoms with Gasteiger partial charge in [0.1, 0.15) is 30.8 Å². The van der Waals surface area contributed by atoms with Crippen LogP contribution in [-0.4, -0.2) is 17.9 Å². The maximum Gasteiger partial charge on any atom is 0.310 e. The van der Waals surface area contributed by atoms with E-state index < -0.39 is 11.9 Å². The molecule has 0 radical (unpaired) electrons. The molecule has 0 aromatic heterocycles. The minimum atomic E-state index is -0.818. The van der Waals surface area contributed by atoms with Crippen LogP contribution >= 0.6 is 0 Å². The van der Waals surface area contributed by atoms with Crippen LogP contribution in [0.1, 0.15) is 52.9 Å². The Morgan fingerprint density at radius 3 is 2.12 bits per heavy atom. The second kappa shape index (κ2) is 15.0. The molecule has 0 aliphatic heterocycles. The minimum absolute atomic E-state index is 0.0726. The number of ketones is 1. The highest BCUT2D eigenvalue weighted by molar-refractivity contribution is 5.99. The van der Waals surface area contributed by atoms with Gasteiger partial charge in [-0.3, -0.25) is 9.59 Å². The van der Waals surface area contributed by atoms with Crippen LogP contribution in [0.25, 0.3) is 4.85 Å². The van der Waals surface area contributed by atoms with Crippen LogP contribution in [0.15, 0.2) is 97.1 Å². The number of benzene rings is 4. The van der Waals surface area contributed by atoms with E-state index in [0.29, 0.717) is 34.8 Å². The van der Waals surface area contributed by atoms with E-state index in [-0.39, 0.29) is 37.0 Å². The number of hydrogen-bond acceptors (Lipinski definition) is 6. The molecule has 43 heavy (non-hydrogen) atoms. The van der Waals surface area contributed by atoms with Gasteiger partial charge in [-0.05, 0) is 61.2 Å². The maximum atomic E-state index is 13.4. The Morgan fingerprint density at radius 2 is 1.49 bits per heavy atom. The first-order chi connectivity index (χ1) is 20.9. The summed E-state index contributed by atoms with van der Waals surface area (Å²) in [4.78, 5) is 30.2. The van der Waals surface area contributed by atoms with Gasteiger partial charge in [-0.1, -0.05) is 72.8 Å². The van der Waals surface area contributed by atoms with Gasteiger partial charge in [-0.2, -0.15) is 5.26 Å². The summed E-state index contributed by atoms with van der Waals surface area (Å²) >= 11 is 0. The first-order valence-electron chi connectivity index (χ1n) is 14.0. The molecule has 4 rings (SSSR count). The van der Waals surface area contributed by atoms with E-state index in [1.54, 1.807) is 30.3 Å². The standard InChI is InChI=1S/C36H32N2O5/c1-25(2)43-35-17-15-29(20-32(35)38-3)33(39)21-30(36(40)42-24-27-12-8-5-9-13-27)18-28-14-16-34(31(19-28)22-37)41-23-26-10-6-4-7-11-26/h4-17,19-20,25,30H,18,21,23-24H2,1-2H3. The largest absolute Gasteiger partial charge is 0.502 e. The fraction of sp³-hybridized carbons (Fsp3) is 0.222. The lowest BCUT2D eigenvalue weighted by Crippen LogP contribution is -2.23. The van der Waals surface area contributed by atoms with Crippen molar-refractivity contribution >= 4 is 17.4 Å². The molecule has 4 aromatic carbocycles. The molecule has 216 valence electrons. The van der Waals surface area contributed by atoms with Crippen LogP contribution in [0.4, 0.5) is 5.69 Å². The summed E-state index contributed by atoms with van der Waals surface area (Å²) in [6.07, 6.45) is -0.0832. The number of ether oxygens (including phenoxy) is 3. The molecule has 0 amide bonds. The average Bonchev–Trinajstić information content (AvgIpc) is 3.03. The van der Waals surface area contributed by atoms with Gasteiger partial charge in [0.25, 0.3) is 0 Å². The van der Waals surface area contributed by atoms with Crippen LogP contribution in [0.3, 0.4) is 0 Å². The van der Waals surface area contributed by atoms with Crippen LogP contribution in [0.2, 0.25) is 0 Å². The van der Waals surface area contributed by atoms with Crippen molar-refractivity contribution in [1.82, 2.24) is 0 Å². The van der Waals surface area contributed by atoms with Crippen LogP contribution in [-0.2, 0) is 29.2 Å². The molecule has 4 aromatic rings. The van der Waals surface area contributed by atoms with Crippen molar-refractivity contribution in [3.05, 3.63) is 136 Å². The quantitative estimate of drug-likeness (QED) is 0.0929. The van der Waals surface area contributed by atoms with Crippen LogP contribution < -0.4 is 9.47 Å². The van der Waals surface area contributed by atoms with Crippen molar-refractivity contribution in [2.45, 2.75) is 46.0 Å². The zero-order valence-corrected chi connectivity index (χ0v) is 24.2. The van der Waals surface area contributed by atoms with E-state index >= 15 is 0 Å². The molecule has 0 fully saturated rings. The fourth-order valence-corrected chi connectivity index (χ4v) is 4.50. The van der Waals surface area contributed by atoms with E-state index in [1.165, 1.54) is 6.07 Å². The number of carbonyl (C=O) groups is 2. The Balaban J connectivity index is 1.53. The minimum Gasteiger partial charge on any atom is -0.502 e. The normalized spacial score (nSPS) is 11.2. The second-order valence-electron chi connectivity index (χ2n) is 10.3. The summed E-state index contributed by atoms with van der Waals surface area (Å²) in [5.74, 6) is -0.804. The molecule has 0 aliphatic carbocycles. The van der Waals surface area contributed by atoms with Gasteiger partial charge in [0.15, 0.2) is 5.78 Å². The Hall–Kier alpha value is -5.40. The van der Waals surface area contributed by atoms with Gasteiger partial charge in [0, 0.05) is 12.0 Å². The Labute approximate surface area is 252 Å². The first kappa shape index (κ1) is 30.6. The lowest BCUT2D eigenvalue weighted by molar-refractivity contribution is -0.149. The van der Waals surface area contributed by atoms with Crippen LogP contribution in [0.5, 0.6) is 11.5 Å². The van der Waals surface area contributed by atoms with E-state index in [4.69, 9.17) is 20.8 Å². The van der Waals surface area contributed by atoms with Crippen molar-refractivity contribution in [3.8, 4) is 17.6 Å². The topological polar surface area (TPSA) is 90.0 Å². The second-order valence-corrected chi connectivity index (χ2v) is 10.3. The summed E-state index contributed by atoms with van der Waals surface area (Å²) in [5.41, 5.74) is 3.37.